The summed E-state index contributed by atoms with van der Waals surface area (Å²) in [5.41, 5.74) is -0.223. The molecule has 0 saturated heterocycles. The van der Waals surface area contributed by atoms with Gasteiger partial charge in [0.2, 0.25) is 0 Å². The summed E-state index contributed by atoms with van der Waals surface area (Å²) in [5.74, 6) is 0.558. The second-order valence-corrected chi connectivity index (χ2v) is 5.71. The fourth-order valence-electron chi connectivity index (χ4n) is 1.71. The lowest BCUT2D eigenvalue weighted by atomic mass is 9.96. The zero-order chi connectivity index (χ0) is 15.6. The first kappa shape index (κ1) is 15.2. The Morgan fingerprint density at radius 2 is 1.67 bits per heavy atom. The monoisotopic (exact) mass is 292 g/mol. The Morgan fingerprint density at radius 3 is 2.29 bits per heavy atom. The van der Waals surface area contributed by atoms with Gasteiger partial charge in [0.15, 0.2) is 0 Å². The molecule has 0 aliphatic rings. The Morgan fingerprint density at radius 1 is 1.00 bits per heavy atom. The molecule has 112 valence electrons. The maximum Gasteiger partial charge on any atom is 0.146 e. The smallest absolute Gasteiger partial charge is 0.146 e. The van der Waals surface area contributed by atoms with E-state index in [2.05, 4.69) is 20.6 Å². The molecule has 0 aliphatic heterocycles. The van der Waals surface area contributed by atoms with Gasteiger partial charge >= 0.3 is 0 Å². The Labute approximate surface area is 122 Å². The van der Waals surface area contributed by atoms with Gasteiger partial charge in [-0.25, -0.2) is 18.7 Å². The van der Waals surface area contributed by atoms with E-state index in [9.17, 15) is 8.78 Å². The summed E-state index contributed by atoms with van der Waals surface area (Å²) >= 11 is 0. The predicted molar refractivity (Wildman–Crippen MR) is 79.9 cm³/mol. The van der Waals surface area contributed by atoms with Crippen molar-refractivity contribution < 1.29 is 8.78 Å². The maximum absolute atomic E-state index is 13.7. The third-order valence-electron chi connectivity index (χ3n) is 2.84. The molecule has 2 aromatic rings. The second kappa shape index (κ2) is 5.63. The van der Waals surface area contributed by atoms with Crippen molar-refractivity contribution in [2.75, 3.05) is 17.7 Å². The van der Waals surface area contributed by atoms with Gasteiger partial charge in [-0.05, 0) is 12.1 Å². The summed E-state index contributed by atoms with van der Waals surface area (Å²) in [4.78, 5) is 8.74. The molecule has 1 aromatic heterocycles. The van der Waals surface area contributed by atoms with Crippen molar-refractivity contribution in [3.63, 3.8) is 0 Å². The van der Waals surface area contributed by atoms with Crippen molar-refractivity contribution >= 4 is 17.3 Å². The largest absolute Gasteiger partial charge is 0.373 e. The van der Waals surface area contributed by atoms with Crippen molar-refractivity contribution in [1.82, 2.24) is 9.97 Å². The molecule has 0 amide bonds. The quantitative estimate of drug-likeness (QED) is 0.902. The molecule has 0 unspecified atom stereocenters. The SMILES string of the molecule is CNc1cc(Nc2cc(F)ccc2F)nc(C(C)(C)C)n1. The van der Waals surface area contributed by atoms with Crippen LogP contribution < -0.4 is 10.6 Å². The van der Waals surface area contributed by atoms with E-state index in [-0.39, 0.29) is 11.1 Å². The number of anilines is 3. The van der Waals surface area contributed by atoms with Crippen LogP contribution in [0.4, 0.5) is 26.1 Å². The Kier molecular flexibility index (Phi) is 4.06. The molecule has 1 heterocycles. The number of hydrogen-bond donors (Lipinski definition) is 2. The summed E-state index contributed by atoms with van der Waals surface area (Å²) in [6.45, 7) is 5.94. The van der Waals surface area contributed by atoms with Gasteiger partial charge < -0.3 is 10.6 Å². The molecule has 6 heteroatoms. The van der Waals surface area contributed by atoms with Crippen LogP contribution in [-0.2, 0) is 5.41 Å². The average molecular weight is 292 g/mol. The van der Waals surface area contributed by atoms with E-state index in [0.29, 0.717) is 17.5 Å². The minimum Gasteiger partial charge on any atom is -0.373 e. The fourth-order valence-corrected chi connectivity index (χ4v) is 1.71. The summed E-state index contributed by atoms with van der Waals surface area (Å²) in [6.07, 6.45) is 0. The van der Waals surface area contributed by atoms with Crippen LogP contribution in [0.3, 0.4) is 0 Å². The topological polar surface area (TPSA) is 49.8 Å². The van der Waals surface area contributed by atoms with Gasteiger partial charge in [-0.1, -0.05) is 20.8 Å². The van der Waals surface area contributed by atoms with Gasteiger partial charge in [0.05, 0.1) is 5.69 Å². The minimum atomic E-state index is -0.543. The summed E-state index contributed by atoms with van der Waals surface area (Å²) < 4.78 is 26.9. The van der Waals surface area contributed by atoms with E-state index in [1.807, 2.05) is 20.8 Å². The van der Waals surface area contributed by atoms with Crippen LogP contribution in [0.2, 0.25) is 0 Å². The molecule has 2 N–H and O–H groups in total. The maximum atomic E-state index is 13.7. The Hall–Kier alpha value is -2.24. The molecule has 1 aromatic carbocycles. The van der Waals surface area contributed by atoms with Crippen LogP contribution in [0.5, 0.6) is 0 Å². The molecule has 21 heavy (non-hydrogen) atoms. The van der Waals surface area contributed by atoms with E-state index >= 15 is 0 Å². The Balaban J connectivity index is 2.42. The molecule has 0 fully saturated rings. The molecular weight excluding hydrogens is 274 g/mol. The number of nitrogens with one attached hydrogen (secondary N) is 2. The minimum absolute atomic E-state index is 0.0376. The van der Waals surface area contributed by atoms with Crippen molar-refractivity contribution in [1.29, 1.82) is 0 Å². The van der Waals surface area contributed by atoms with Crippen LogP contribution in [0.1, 0.15) is 26.6 Å². The first-order chi connectivity index (χ1) is 9.79. The molecule has 0 spiro atoms. The van der Waals surface area contributed by atoms with Gasteiger partial charge in [-0.3, -0.25) is 0 Å². The molecule has 0 aliphatic carbocycles. The predicted octanol–water partition coefficient (Wildman–Crippen LogP) is 3.84. The number of halogens is 2. The lowest BCUT2D eigenvalue weighted by molar-refractivity contribution is 0.547. The van der Waals surface area contributed by atoms with Crippen molar-refractivity contribution in [2.45, 2.75) is 26.2 Å². The highest BCUT2D eigenvalue weighted by Crippen LogP contribution is 2.25. The summed E-state index contributed by atoms with van der Waals surface area (Å²) in [7, 11) is 1.74. The lowest BCUT2D eigenvalue weighted by Gasteiger charge is -2.19. The Bertz CT molecular complexity index is 651. The number of hydrogen-bond acceptors (Lipinski definition) is 4. The van der Waals surface area contributed by atoms with E-state index < -0.39 is 11.6 Å². The second-order valence-electron chi connectivity index (χ2n) is 5.71. The summed E-state index contributed by atoms with van der Waals surface area (Å²) in [6, 6.07) is 4.87. The normalized spacial score (nSPS) is 11.3. The van der Waals surface area contributed by atoms with Crippen molar-refractivity contribution in [3.8, 4) is 0 Å². The van der Waals surface area contributed by atoms with Crippen molar-refractivity contribution in [3.05, 3.63) is 41.7 Å². The van der Waals surface area contributed by atoms with E-state index in [4.69, 9.17) is 0 Å². The van der Waals surface area contributed by atoms with Crippen LogP contribution in [-0.4, -0.2) is 17.0 Å². The van der Waals surface area contributed by atoms with Gasteiger partial charge in [0.1, 0.15) is 29.1 Å². The highest BCUT2D eigenvalue weighted by Gasteiger charge is 2.19. The molecular formula is C15H18F2N4. The average Bonchev–Trinajstić information content (AvgIpc) is 2.41. The van der Waals surface area contributed by atoms with Crippen LogP contribution in [0.15, 0.2) is 24.3 Å². The van der Waals surface area contributed by atoms with Gasteiger partial charge in [-0.15, -0.1) is 0 Å². The first-order valence-corrected chi connectivity index (χ1v) is 6.59. The number of aromatic nitrogens is 2. The molecule has 0 atom stereocenters. The molecule has 4 nitrogen and oxygen atoms in total. The standard InChI is InChI=1S/C15H18F2N4/c1-15(2,3)14-20-12(18-4)8-13(21-14)19-11-7-9(16)5-6-10(11)17/h5-8H,1-4H3,(H2,18,19,20,21). The van der Waals surface area contributed by atoms with Crippen LogP contribution in [0, 0.1) is 11.6 Å². The van der Waals surface area contributed by atoms with Crippen LogP contribution >= 0.6 is 0 Å². The van der Waals surface area contributed by atoms with Gasteiger partial charge in [0, 0.05) is 24.6 Å². The zero-order valence-corrected chi connectivity index (χ0v) is 12.5. The van der Waals surface area contributed by atoms with Gasteiger partial charge in [-0.2, -0.15) is 0 Å². The van der Waals surface area contributed by atoms with E-state index in [1.165, 1.54) is 0 Å². The molecule has 0 bridgehead atoms. The highest BCUT2D eigenvalue weighted by molar-refractivity contribution is 5.60. The van der Waals surface area contributed by atoms with E-state index in [1.54, 1.807) is 13.1 Å². The van der Waals surface area contributed by atoms with E-state index in [0.717, 1.165) is 18.2 Å². The van der Waals surface area contributed by atoms with Crippen LogP contribution in [0.25, 0.3) is 0 Å². The van der Waals surface area contributed by atoms with Gasteiger partial charge in [0.25, 0.3) is 0 Å². The molecule has 0 radical (unpaired) electrons. The molecule has 2 rings (SSSR count). The number of benzene rings is 1. The highest BCUT2D eigenvalue weighted by atomic mass is 19.1. The first-order valence-electron chi connectivity index (χ1n) is 6.59. The third-order valence-corrected chi connectivity index (χ3v) is 2.84. The lowest BCUT2D eigenvalue weighted by Crippen LogP contribution is -2.17. The summed E-state index contributed by atoms with van der Waals surface area (Å²) in [5, 5.41) is 5.73. The molecule has 0 saturated carbocycles. The van der Waals surface area contributed by atoms with Crippen molar-refractivity contribution in [2.24, 2.45) is 0 Å². The number of rotatable bonds is 3. The zero-order valence-electron chi connectivity index (χ0n) is 12.5. The fraction of sp³-hybridized carbons (Fsp3) is 0.333. The number of nitrogens with zero attached hydrogens (tertiary/aromatic N) is 2. The third kappa shape index (κ3) is 3.65.